The Kier molecular flexibility index (Phi) is 9.02. The first-order chi connectivity index (χ1) is 13.8. The van der Waals surface area contributed by atoms with E-state index in [1.807, 2.05) is 46.8 Å². The first-order valence-corrected chi connectivity index (χ1v) is 13.2. The van der Waals surface area contributed by atoms with Gasteiger partial charge in [-0.2, -0.15) is 4.31 Å². The Morgan fingerprint density at radius 1 is 1.03 bits per heavy atom. The standard InChI is InChI=1S/C20H33NO6SSi/c1-6-10-18-15-21(28(22,23)19-13-11-17(5)12-14-19)16-20(18)27-29(24-7-2,25-8-3)26-9-4/h6,10-14,18,20H,7-9,15-16H2,1-5H3/b10-6+/t18-,20+/m1/s1. The zero-order valence-electron chi connectivity index (χ0n) is 18.0. The molecule has 0 aliphatic carbocycles. The van der Waals surface area contributed by atoms with Crippen LogP contribution in [-0.4, -0.2) is 60.8 Å². The maximum atomic E-state index is 13.1. The lowest BCUT2D eigenvalue weighted by Crippen LogP contribution is -2.53. The summed E-state index contributed by atoms with van der Waals surface area (Å²) in [7, 11) is -6.98. The van der Waals surface area contributed by atoms with Crippen molar-refractivity contribution in [2.45, 2.75) is 45.6 Å². The first kappa shape index (κ1) is 24.2. The Bertz CT molecular complexity index is 751. The maximum Gasteiger partial charge on any atom is 0.680 e. The lowest BCUT2D eigenvalue weighted by molar-refractivity contribution is -0.0518. The molecule has 9 heteroatoms. The summed E-state index contributed by atoms with van der Waals surface area (Å²) >= 11 is 0. The number of benzene rings is 1. The molecule has 1 heterocycles. The highest BCUT2D eigenvalue weighted by atomic mass is 32.2. The van der Waals surface area contributed by atoms with Crippen LogP contribution >= 0.6 is 0 Å². The van der Waals surface area contributed by atoms with E-state index in [2.05, 4.69) is 0 Å². The zero-order valence-corrected chi connectivity index (χ0v) is 19.8. The van der Waals surface area contributed by atoms with Crippen LogP contribution in [0.25, 0.3) is 0 Å². The first-order valence-electron chi connectivity index (χ1n) is 10.1. The van der Waals surface area contributed by atoms with Crippen LogP contribution in [0.3, 0.4) is 0 Å². The average Bonchev–Trinajstić information content (AvgIpc) is 3.06. The van der Waals surface area contributed by atoms with E-state index in [0.717, 1.165) is 5.56 Å². The number of sulfonamides is 1. The molecule has 0 aromatic heterocycles. The van der Waals surface area contributed by atoms with Crippen LogP contribution in [0.15, 0.2) is 41.3 Å². The summed E-state index contributed by atoms with van der Waals surface area (Å²) in [5.41, 5.74) is 1.01. The minimum Gasteiger partial charge on any atom is -0.351 e. The predicted octanol–water partition coefficient (Wildman–Crippen LogP) is 3.12. The largest absolute Gasteiger partial charge is 0.680 e. The van der Waals surface area contributed by atoms with E-state index < -0.39 is 25.2 Å². The van der Waals surface area contributed by atoms with E-state index in [9.17, 15) is 8.42 Å². The van der Waals surface area contributed by atoms with Crippen LogP contribution in [-0.2, 0) is 27.7 Å². The van der Waals surface area contributed by atoms with Gasteiger partial charge >= 0.3 is 9.05 Å². The maximum absolute atomic E-state index is 13.1. The molecule has 0 bridgehead atoms. The molecule has 7 nitrogen and oxygen atoms in total. The summed E-state index contributed by atoms with van der Waals surface area (Å²) in [5.74, 6) is -0.117. The second-order valence-electron chi connectivity index (χ2n) is 6.78. The number of rotatable bonds is 11. The molecular weight excluding hydrogens is 410 g/mol. The van der Waals surface area contributed by atoms with E-state index in [1.165, 1.54) is 4.31 Å². The molecule has 1 aromatic rings. The fraction of sp³-hybridized carbons (Fsp3) is 0.600. The molecule has 1 fully saturated rings. The zero-order chi connectivity index (χ0) is 21.5. The van der Waals surface area contributed by atoms with Crippen molar-refractivity contribution in [1.29, 1.82) is 0 Å². The molecule has 0 saturated carbocycles. The molecule has 0 N–H and O–H groups in total. The van der Waals surface area contributed by atoms with Crippen molar-refractivity contribution in [3.8, 4) is 0 Å². The molecule has 0 spiro atoms. The summed E-state index contributed by atoms with van der Waals surface area (Å²) < 4.78 is 51.4. The fourth-order valence-electron chi connectivity index (χ4n) is 3.32. The van der Waals surface area contributed by atoms with Crippen LogP contribution < -0.4 is 0 Å². The second-order valence-corrected chi connectivity index (χ2v) is 10.8. The van der Waals surface area contributed by atoms with Crippen molar-refractivity contribution in [2.75, 3.05) is 32.9 Å². The average molecular weight is 444 g/mol. The SMILES string of the molecule is C/C=C/[C@@H]1CN(S(=O)(=O)c2ccc(C)cc2)C[C@@H]1O[Si](OCC)(OCC)OCC. The third-order valence-electron chi connectivity index (χ3n) is 4.63. The van der Waals surface area contributed by atoms with Gasteiger partial charge in [0.25, 0.3) is 0 Å². The fourth-order valence-corrected chi connectivity index (χ4v) is 6.94. The number of allylic oxidation sites excluding steroid dienone is 1. The number of hydrogen-bond acceptors (Lipinski definition) is 6. The third-order valence-corrected chi connectivity index (χ3v) is 9.00. The molecule has 1 aliphatic rings. The molecule has 1 saturated heterocycles. The monoisotopic (exact) mass is 443 g/mol. The molecule has 0 amide bonds. The highest BCUT2D eigenvalue weighted by Crippen LogP contribution is 2.30. The van der Waals surface area contributed by atoms with Crippen molar-refractivity contribution < 1.29 is 26.1 Å². The predicted molar refractivity (Wildman–Crippen MR) is 114 cm³/mol. The van der Waals surface area contributed by atoms with Gasteiger partial charge in [-0.05, 0) is 46.8 Å². The van der Waals surface area contributed by atoms with Crippen LogP contribution in [0.4, 0.5) is 0 Å². The molecular formula is C20H33NO6SSi. The van der Waals surface area contributed by atoms with Crippen LogP contribution in [0.2, 0.25) is 0 Å². The minimum atomic E-state index is -3.62. The Balaban J connectivity index is 2.28. The molecule has 0 radical (unpaired) electrons. The molecule has 2 atom stereocenters. The van der Waals surface area contributed by atoms with Crippen molar-refractivity contribution in [3.05, 3.63) is 42.0 Å². The highest BCUT2D eigenvalue weighted by molar-refractivity contribution is 7.89. The van der Waals surface area contributed by atoms with Crippen molar-refractivity contribution in [2.24, 2.45) is 5.92 Å². The summed E-state index contributed by atoms with van der Waals surface area (Å²) in [4.78, 5) is 0.283. The highest BCUT2D eigenvalue weighted by Gasteiger charge is 2.51. The third kappa shape index (κ3) is 5.97. The lowest BCUT2D eigenvalue weighted by Gasteiger charge is -2.31. The lowest BCUT2D eigenvalue weighted by atomic mass is 10.1. The van der Waals surface area contributed by atoms with Gasteiger partial charge in [-0.3, -0.25) is 0 Å². The smallest absolute Gasteiger partial charge is 0.351 e. The van der Waals surface area contributed by atoms with E-state index in [1.54, 1.807) is 24.3 Å². The quantitative estimate of drug-likeness (QED) is 0.386. The van der Waals surface area contributed by atoms with Gasteiger partial charge < -0.3 is 17.7 Å². The van der Waals surface area contributed by atoms with E-state index in [0.29, 0.717) is 26.4 Å². The summed E-state index contributed by atoms with van der Waals surface area (Å²) in [5, 5.41) is 0. The second kappa shape index (κ2) is 10.8. The Hall–Kier alpha value is -1.07. The number of nitrogens with zero attached hydrogens (tertiary/aromatic N) is 1. The van der Waals surface area contributed by atoms with E-state index in [4.69, 9.17) is 17.7 Å². The van der Waals surface area contributed by atoms with Gasteiger partial charge in [-0.1, -0.05) is 29.8 Å². The number of aryl methyl sites for hydroxylation is 1. The Morgan fingerprint density at radius 3 is 2.07 bits per heavy atom. The Morgan fingerprint density at radius 2 is 1.59 bits per heavy atom. The molecule has 1 aliphatic heterocycles. The van der Waals surface area contributed by atoms with Crippen molar-refractivity contribution >= 4 is 19.1 Å². The molecule has 0 unspecified atom stereocenters. The van der Waals surface area contributed by atoms with Gasteiger partial charge in [0.05, 0.1) is 11.0 Å². The van der Waals surface area contributed by atoms with Gasteiger partial charge in [0.15, 0.2) is 0 Å². The van der Waals surface area contributed by atoms with Gasteiger partial charge in [-0.15, -0.1) is 0 Å². The van der Waals surface area contributed by atoms with Crippen molar-refractivity contribution in [1.82, 2.24) is 4.31 Å². The van der Waals surface area contributed by atoms with E-state index >= 15 is 0 Å². The normalized spacial score (nSPS) is 21.3. The van der Waals surface area contributed by atoms with Gasteiger partial charge in [0.1, 0.15) is 0 Å². The van der Waals surface area contributed by atoms with Crippen LogP contribution in [0.1, 0.15) is 33.3 Å². The number of hydrogen-bond donors (Lipinski definition) is 0. The van der Waals surface area contributed by atoms with Gasteiger partial charge in [-0.25, -0.2) is 8.42 Å². The Labute approximate surface area is 176 Å². The summed E-state index contributed by atoms with van der Waals surface area (Å²) in [6, 6.07) is 6.89. The molecule has 164 valence electrons. The van der Waals surface area contributed by atoms with Gasteiger partial charge in [0.2, 0.25) is 10.0 Å². The van der Waals surface area contributed by atoms with Crippen molar-refractivity contribution in [3.63, 3.8) is 0 Å². The van der Waals surface area contributed by atoms with Crippen LogP contribution in [0.5, 0.6) is 0 Å². The van der Waals surface area contributed by atoms with E-state index in [-0.39, 0.29) is 17.4 Å². The minimum absolute atomic E-state index is 0.117. The summed E-state index contributed by atoms with van der Waals surface area (Å²) in [6.45, 7) is 11.1. The summed E-state index contributed by atoms with van der Waals surface area (Å²) in [6.07, 6.45) is 3.47. The molecule has 2 rings (SSSR count). The molecule has 1 aromatic carbocycles. The topological polar surface area (TPSA) is 74.3 Å². The van der Waals surface area contributed by atoms with Gasteiger partial charge in [0, 0.05) is 38.8 Å². The van der Waals surface area contributed by atoms with Crippen LogP contribution in [0, 0.1) is 12.8 Å². The molecule has 29 heavy (non-hydrogen) atoms.